The molecule has 27 heavy (non-hydrogen) atoms. The van der Waals surface area contributed by atoms with Crippen LogP contribution >= 0.6 is 0 Å². The standard InChI is InChI=1S/C20H28N6O/c1-16(2)4-10-25-11-5-17-19(22-15-21-17)20(25)6-12-24(13-7-20)18(27)14-26-9-3-8-23-26/h3-4,8-9,15H,5-7,10-14H2,1-2H3,(H,21,22). The molecule has 4 rings (SSSR count). The zero-order valence-electron chi connectivity index (χ0n) is 16.2. The van der Waals surface area contributed by atoms with Crippen LogP contribution in [0.25, 0.3) is 0 Å². The van der Waals surface area contributed by atoms with E-state index < -0.39 is 0 Å². The van der Waals surface area contributed by atoms with E-state index in [2.05, 4.69) is 34.9 Å². The Kier molecular flexibility index (Phi) is 4.86. The van der Waals surface area contributed by atoms with Gasteiger partial charge in [0.15, 0.2) is 0 Å². The number of nitrogens with zero attached hydrogens (tertiary/aromatic N) is 5. The number of piperidine rings is 1. The van der Waals surface area contributed by atoms with Crippen LogP contribution in [-0.2, 0) is 23.3 Å². The summed E-state index contributed by atoms with van der Waals surface area (Å²) < 4.78 is 1.69. The van der Waals surface area contributed by atoms with Crippen molar-refractivity contribution in [3.63, 3.8) is 0 Å². The van der Waals surface area contributed by atoms with Crippen molar-refractivity contribution >= 4 is 5.91 Å². The first-order valence-corrected chi connectivity index (χ1v) is 9.75. The van der Waals surface area contributed by atoms with E-state index in [1.807, 2.05) is 23.5 Å². The van der Waals surface area contributed by atoms with E-state index in [0.717, 1.165) is 45.4 Å². The molecule has 0 aromatic carbocycles. The summed E-state index contributed by atoms with van der Waals surface area (Å²) >= 11 is 0. The zero-order chi connectivity index (χ0) is 18.9. The molecule has 2 aliphatic rings. The molecule has 0 saturated carbocycles. The van der Waals surface area contributed by atoms with Gasteiger partial charge in [0, 0.05) is 50.7 Å². The van der Waals surface area contributed by atoms with Crippen LogP contribution in [0.1, 0.15) is 38.1 Å². The number of likely N-dealkylation sites (tertiary alicyclic amines) is 1. The number of H-pyrrole nitrogens is 1. The second-order valence-corrected chi connectivity index (χ2v) is 7.82. The molecule has 0 unspecified atom stereocenters. The van der Waals surface area contributed by atoms with Crippen molar-refractivity contribution < 1.29 is 4.79 Å². The van der Waals surface area contributed by atoms with Crippen molar-refractivity contribution in [1.82, 2.24) is 29.5 Å². The molecule has 1 fully saturated rings. The molecule has 0 radical (unpaired) electrons. The Morgan fingerprint density at radius 1 is 1.30 bits per heavy atom. The van der Waals surface area contributed by atoms with E-state index in [1.54, 1.807) is 10.9 Å². The Labute approximate surface area is 160 Å². The third kappa shape index (κ3) is 3.43. The minimum absolute atomic E-state index is 0.0674. The van der Waals surface area contributed by atoms with Crippen molar-refractivity contribution in [3.8, 4) is 0 Å². The third-order valence-electron chi connectivity index (χ3n) is 5.92. The topological polar surface area (TPSA) is 70.1 Å². The summed E-state index contributed by atoms with van der Waals surface area (Å²) in [4.78, 5) is 25.2. The molecule has 2 aliphatic heterocycles. The quantitative estimate of drug-likeness (QED) is 0.838. The van der Waals surface area contributed by atoms with Gasteiger partial charge in [-0.15, -0.1) is 0 Å². The number of amides is 1. The van der Waals surface area contributed by atoms with Gasteiger partial charge in [0.2, 0.25) is 5.91 Å². The first-order valence-electron chi connectivity index (χ1n) is 9.75. The van der Waals surface area contributed by atoms with E-state index in [1.165, 1.54) is 17.0 Å². The molecule has 7 nitrogen and oxygen atoms in total. The van der Waals surface area contributed by atoms with Crippen LogP contribution in [0, 0.1) is 0 Å². The lowest BCUT2D eigenvalue weighted by Crippen LogP contribution is -2.57. The molecule has 2 aromatic heterocycles. The van der Waals surface area contributed by atoms with Gasteiger partial charge < -0.3 is 9.88 Å². The molecule has 1 spiro atoms. The van der Waals surface area contributed by atoms with Gasteiger partial charge in [-0.2, -0.15) is 5.10 Å². The normalized spacial score (nSPS) is 19.1. The molecule has 7 heteroatoms. The van der Waals surface area contributed by atoms with Crippen LogP contribution in [-0.4, -0.2) is 61.6 Å². The lowest BCUT2D eigenvalue weighted by molar-refractivity contribution is -0.135. The van der Waals surface area contributed by atoms with Crippen molar-refractivity contribution in [2.45, 2.75) is 45.2 Å². The van der Waals surface area contributed by atoms with E-state index in [0.29, 0.717) is 6.54 Å². The zero-order valence-corrected chi connectivity index (χ0v) is 16.2. The maximum absolute atomic E-state index is 12.6. The van der Waals surface area contributed by atoms with Crippen LogP contribution in [0.2, 0.25) is 0 Å². The second-order valence-electron chi connectivity index (χ2n) is 7.82. The number of hydrogen-bond donors (Lipinski definition) is 1. The van der Waals surface area contributed by atoms with Gasteiger partial charge in [-0.1, -0.05) is 11.6 Å². The Morgan fingerprint density at radius 3 is 2.81 bits per heavy atom. The summed E-state index contributed by atoms with van der Waals surface area (Å²) in [5.41, 5.74) is 3.72. The summed E-state index contributed by atoms with van der Waals surface area (Å²) in [6.07, 6.45) is 10.5. The number of aromatic nitrogens is 4. The summed E-state index contributed by atoms with van der Waals surface area (Å²) in [6.45, 7) is 8.10. The summed E-state index contributed by atoms with van der Waals surface area (Å²) in [6, 6.07) is 1.85. The smallest absolute Gasteiger partial charge is 0.244 e. The van der Waals surface area contributed by atoms with Gasteiger partial charge in [-0.05, 0) is 32.8 Å². The maximum Gasteiger partial charge on any atom is 0.244 e. The van der Waals surface area contributed by atoms with E-state index >= 15 is 0 Å². The van der Waals surface area contributed by atoms with Gasteiger partial charge in [0.25, 0.3) is 0 Å². The Hall–Kier alpha value is -2.41. The molecule has 1 saturated heterocycles. The molecular formula is C20H28N6O. The van der Waals surface area contributed by atoms with Crippen LogP contribution in [0.4, 0.5) is 0 Å². The Bertz CT molecular complexity index is 809. The largest absolute Gasteiger partial charge is 0.348 e. The number of imidazole rings is 1. The van der Waals surface area contributed by atoms with Crippen molar-refractivity contribution in [1.29, 1.82) is 0 Å². The number of carbonyl (C=O) groups is 1. The average molecular weight is 368 g/mol. The number of carbonyl (C=O) groups excluding carboxylic acids is 1. The SMILES string of the molecule is CC(C)=CCN1CCc2[nH]cnc2C12CCN(C(=O)Cn1cccn1)CC2. The molecule has 0 bridgehead atoms. The van der Waals surface area contributed by atoms with Crippen LogP contribution in [0.5, 0.6) is 0 Å². The minimum atomic E-state index is -0.0674. The maximum atomic E-state index is 12.6. The average Bonchev–Trinajstić information content (AvgIpc) is 3.33. The monoisotopic (exact) mass is 368 g/mol. The highest BCUT2D eigenvalue weighted by Crippen LogP contribution is 2.42. The fraction of sp³-hybridized carbons (Fsp3) is 0.550. The van der Waals surface area contributed by atoms with Gasteiger partial charge in [-0.25, -0.2) is 4.98 Å². The van der Waals surface area contributed by atoms with Crippen LogP contribution in [0.3, 0.4) is 0 Å². The molecule has 4 heterocycles. The predicted octanol–water partition coefficient (Wildman–Crippen LogP) is 1.95. The predicted molar refractivity (Wildman–Crippen MR) is 103 cm³/mol. The number of rotatable bonds is 4. The van der Waals surface area contributed by atoms with E-state index in [-0.39, 0.29) is 11.4 Å². The number of fused-ring (bicyclic) bond motifs is 2. The Morgan fingerprint density at radius 2 is 2.11 bits per heavy atom. The third-order valence-corrected chi connectivity index (χ3v) is 5.92. The fourth-order valence-electron chi connectivity index (χ4n) is 4.39. The highest BCUT2D eigenvalue weighted by molar-refractivity contribution is 5.76. The van der Waals surface area contributed by atoms with Gasteiger partial charge in [0.1, 0.15) is 6.54 Å². The fourth-order valence-corrected chi connectivity index (χ4v) is 4.39. The van der Waals surface area contributed by atoms with Gasteiger partial charge >= 0.3 is 0 Å². The first-order chi connectivity index (χ1) is 13.1. The van der Waals surface area contributed by atoms with Crippen molar-refractivity contribution in [2.75, 3.05) is 26.2 Å². The number of allylic oxidation sites excluding steroid dienone is 1. The first kappa shape index (κ1) is 18.0. The lowest BCUT2D eigenvalue weighted by Gasteiger charge is -2.50. The number of nitrogens with one attached hydrogen (secondary N) is 1. The van der Waals surface area contributed by atoms with Crippen LogP contribution in [0.15, 0.2) is 36.4 Å². The molecule has 2 aromatic rings. The van der Waals surface area contributed by atoms with E-state index in [4.69, 9.17) is 4.98 Å². The summed E-state index contributed by atoms with van der Waals surface area (Å²) in [5, 5.41) is 4.15. The van der Waals surface area contributed by atoms with Gasteiger partial charge in [0.05, 0.1) is 17.6 Å². The highest BCUT2D eigenvalue weighted by Gasteiger charge is 2.46. The highest BCUT2D eigenvalue weighted by atomic mass is 16.2. The molecule has 1 amide bonds. The van der Waals surface area contributed by atoms with E-state index in [9.17, 15) is 4.79 Å². The molecule has 144 valence electrons. The van der Waals surface area contributed by atoms with Crippen molar-refractivity contribution in [2.24, 2.45) is 0 Å². The second kappa shape index (κ2) is 7.31. The summed E-state index contributed by atoms with van der Waals surface area (Å²) in [5.74, 6) is 0.141. The minimum Gasteiger partial charge on any atom is -0.348 e. The molecule has 0 atom stereocenters. The lowest BCUT2D eigenvalue weighted by atomic mass is 9.78. The number of hydrogen-bond acceptors (Lipinski definition) is 4. The number of aromatic amines is 1. The molecule has 1 N–H and O–H groups in total. The Balaban J connectivity index is 1.51. The van der Waals surface area contributed by atoms with Crippen LogP contribution < -0.4 is 0 Å². The molecular weight excluding hydrogens is 340 g/mol. The van der Waals surface area contributed by atoms with Gasteiger partial charge in [-0.3, -0.25) is 14.4 Å². The molecule has 0 aliphatic carbocycles. The van der Waals surface area contributed by atoms with Crippen molar-refractivity contribution in [3.05, 3.63) is 47.8 Å². The summed E-state index contributed by atoms with van der Waals surface area (Å²) in [7, 11) is 0.